The molecule has 1 aliphatic rings. The van der Waals surface area contributed by atoms with Crippen molar-refractivity contribution >= 4 is 17.5 Å². The number of rotatable bonds is 6. The first-order valence-corrected chi connectivity index (χ1v) is 9.95. The third kappa shape index (κ3) is 5.31. The lowest BCUT2D eigenvalue weighted by Gasteiger charge is -2.35. The number of ether oxygens (including phenoxy) is 1. The van der Waals surface area contributed by atoms with Crippen LogP contribution in [-0.4, -0.2) is 59.3 Å². The van der Waals surface area contributed by atoms with Gasteiger partial charge in [-0.25, -0.2) is 9.97 Å². The number of Topliss-reactive ketones (excluding diaryl/α,β-unsaturated/α-hetero) is 1. The molecule has 7 heteroatoms. The van der Waals surface area contributed by atoms with Crippen molar-refractivity contribution in [1.29, 1.82) is 0 Å². The fourth-order valence-electron chi connectivity index (χ4n) is 3.22. The van der Waals surface area contributed by atoms with E-state index in [0.29, 0.717) is 24.4 Å². The SMILES string of the molecule is CC(=O)c1cccc(OCC(=O)N2CCN(c3cc(C)nc(C(C)C)n3)CC2)c1. The predicted molar refractivity (Wildman–Crippen MR) is 112 cm³/mol. The van der Waals surface area contributed by atoms with Crippen molar-refractivity contribution in [3.8, 4) is 5.75 Å². The van der Waals surface area contributed by atoms with E-state index in [-0.39, 0.29) is 24.2 Å². The molecule has 29 heavy (non-hydrogen) atoms. The highest BCUT2D eigenvalue weighted by molar-refractivity contribution is 5.94. The van der Waals surface area contributed by atoms with Crippen LogP contribution in [0.1, 0.15) is 48.6 Å². The molecule has 7 nitrogen and oxygen atoms in total. The second-order valence-corrected chi connectivity index (χ2v) is 7.62. The molecule has 1 aromatic carbocycles. The van der Waals surface area contributed by atoms with Crippen molar-refractivity contribution in [2.75, 3.05) is 37.7 Å². The van der Waals surface area contributed by atoms with Gasteiger partial charge in [0.25, 0.3) is 5.91 Å². The zero-order valence-corrected chi connectivity index (χ0v) is 17.5. The Morgan fingerprint density at radius 1 is 1.10 bits per heavy atom. The fraction of sp³-hybridized carbons (Fsp3) is 0.455. The highest BCUT2D eigenvalue weighted by Gasteiger charge is 2.23. The summed E-state index contributed by atoms with van der Waals surface area (Å²) in [4.78, 5) is 37.2. The van der Waals surface area contributed by atoms with Crippen molar-refractivity contribution < 1.29 is 14.3 Å². The van der Waals surface area contributed by atoms with Crippen LogP contribution in [0.4, 0.5) is 5.82 Å². The number of carbonyl (C=O) groups is 2. The number of amides is 1. The van der Waals surface area contributed by atoms with E-state index in [2.05, 4.69) is 28.7 Å². The van der Waals surface area contributed by atoms with Crippen LogP contribution in [0.3, 0.4) is 0 Å². The summed E-state index contributed by atoms with van der Waals surface area (Å²) >= 11 is 0. The van der Waals surface area contributed by atoms with Gasteiger partial charge in [-0.2, -0.15) is 0 Å². The van der Waals surface area contributed by atoms with Gasteiger partial charge in [0.2, 0.25) is 0 Å². The second kappa shape index (κ2) is 9.03. The van der Waals surface area contributed by atoms with Gasteiger partial charge in [0.15, 0.2) is 12.4 Å². The first kappa shape index (κ1) is 20.8. The summed E-state index contributed by atoms with van der Waals surface area (Å²) in [6, 6.07) is 8.90. The van der Waals surface area contributed by atoms with Crippen molar-refractivity contribution in [2.24, 2.45) is 0 Å². The van der Waals surface area contributed by atoms with Crippen LogP contribution >= 0.6 is 0 Å². The van der Waals surface area contributed by atoms with Crippen LogP contribution in [0.15, 0.2) is 30.3 Å². The minimum atomic E-state index is -0.0559. The standard InChI is InChI=1S/C22H28N4O3/c1-15(2)22-23-16(3)12-20(24-22)25-8-10-26(11-9-25)21(28)14-29-19-7-5-6-18(13-19)17(4)27/h5-7,12-13,15H,8-11,14H2,1-4H3. The summed E-state index contributed by atoms with van der Waals surface area (Å²) in [7, 11) is 0. The van der Waals surface area contributed by atoms with E-state index < -0.39 is 0 Å². The van der Waals surface area contributed by atoms with Crippen molar-refractivity contribution in [3.63, 3.8) is 0 Å². The van der Waals surface area contributed by atoms with Crippen molar-refractivity contribution in [1.82, 2.24) is 14.9 Å². The molecule has 1 aromatic heterocycles. The van der Waals surface area contributed by atoms with Crippen LogP contribution < -0.4 is 9.64 Å². The molecule has 0 unspecified atom stereocenters. The Hall–Kier alpha value is -2.96. The maximum Gasteiger partial charge on any atom is 0.260 e. The average Bonchev–Trinajstić information content (AvgIpc) is 2.71. The molecule has 1 aliphatic heterocycles. The lowest BCUT2D eigenvalue weighted by molar-refractivity contribution is -0.133. The van der Waals surface area contributed by atoms with Crippen LogP contribution in [0.5, 0.6) is 5.75 Å². The van der Waals surface area contributed by atoms with Gasteiger partial charge in [0.05, 0.1) is 0 Å². The van der Waals surface area contributed by atoms with Gasteiger partial charge in [-0.15, -0.1) is 0 Å². The molecule has 3 rings (SSSR count). The molecule has 0 saturated carbocycles. The summed E-state index contributed by atoms with van der Waals surface area (Å²) in [5.74, 6) is 2.49. The topological polar surface area (TPSA) is 75.6 Å². The molecule has 2 heterocycles. The molecule has 1 amide bonds. The Bertz CT molecular complexity index is 889. The Morgan fingerprint density at radius 3 is 2.48 bits per heavy atom. The van der Waals surface area contributed by atoms with E-state index in [1.807, 2.05) is 17.9 Å². The molecule has 0 aliphatic carbocycles. The maximum absolute atomic E-state index is 12.5. The molecule has 2 aromatic rings. The molecular weight excluding hydrogens is 368 g/mol. The zero-order valence-electron chi connectivity index (χ0n) is 17.5. The number of aromatic nitrogens is 2. The lowest BCUT2D eigenvalue weighted by Crippen LogP contribution is -2.50. The Balaban J connectivity index is 1.55. The molecule has 154 valence electrons. The number of carbonyl (C=O) groups excluding carboxylic acids is 2. The van der Waals surface area contributed by atoms with E-state index in [0.717, 1.165) is 30.4 Å². The third-order valence-corrected chi connectivity index (χ3v) is 4.93. The van der Waals surface area contributed by atoms with Gasteiger partial charge < -0.3 is 14.5 Å². The minimum absolute atomic E-state index is 0.0292. The van der Waals surface area contributed by atoms with E-state index in [4.69, 9.17) is 4.74 Å². The number of ketones is 1. The number of benzene rings is 1. The second-order valence-electron chi connectivity index (χ2n) is 7.62. The first-order valence-electron chi connectivity index (χ1n) is 9.95. The van der Waals surface area contributed by atoms with Gasteiger partial charge >= 0.3 is 0 Å². The fourth-order valence-corrected chi connectivity index (χ4v) is 3.22. The monoisotopic (exact) mass is 396 g/mol. The van der Waals surface area contributed by atoms with Crippen LogP contribution in [0, 0.1) is 6.92 Å². The smallest absolute Gasteiger partial charge is 0.260 e. The molecule has 0 N–H and O–H groups in total. The molecule has 0 bridgehead atoms. The number of nitrogens with zero attached hydrogens (tertiary/aromatic N) is 4. The van der Waals surface area contributed by atoms with Crippen LogP contribution in [0.25, 0.3) is 0 Å². The molecular formula is C22H28N4O3. The van der Waals surface area contributed by atoms with E-state index >= 15 is 0 Å². The van der Waals surface area contributed by atoms with Crippen molar-refractivity contribution in [3.05, 3.63) is 47.4 Å². The van der Waals surface area contributed by atoms with Gasteiger partial charge in [-0.05, 0) is 26.0 Å². The highest BCUT2D eigenvalue weighted by Crippen LogP contribution is 2.19. The Labute approximate surface area is 171 Å². The molecule has 0 atom stereocenters. The molecule has 1 fully saturated rings. The van der Waals surface area contributed by atoms with Gasteiger partial charge in [0, 0.05) is 49.4 Å². The minimum Gasteiger partial charge on any atom is -0.484 e. The number of anilines is 1. The van der Waals surface area contributed by atoms with Gasteiger partial charge in [-0.1, -0.05) is 26.0 Å². The summed E-state index contributed by atoms with van der Waals surface area (Å²) < 4.78 is 5.60. The van der Waals surface area contributed by atoms with Gasteiger partial charge in [0.1, 0.15) is 17.4 Å². The molecule has 0 radical (unpaired) electrons. The average molecular weight is 396 g/mol. The molecule has 0 spiro atoms. The quantitative estimate of drug-likeness (QED) is 0.699. The normalized spacial score (nSPS) is 14.2. The zero-order chi connectivity index (χ0) is 21.0. The maximum atomic E-state index is 12.5. The first-order chi connectivity index (χ1) is 13.8. The lowest BCUT2D eigenvalue weighted by atomic mass is 10.1. The van der Waals surface area contributed by atoms with Crippen molar-refractivity contribution in [2.45, 2.75) is 33.6 Å². The van der Waals surface area contributed by atoms with Crippen LogP contribution in [0.2, 0.25) is 0 Å². The largest absolute Gasteiger partial charge is 0.484 e. The summed E-state index contributed by atoms with van der Waals surface area (Å²) in [5.41, 5.74) is 1.53. The van der Waals surface area contributed by atoms with E-state index in [1.54, 1.807) is 24.3 Å². The summed E-state index contributed by atoms with van der Waals surface area (Å²) in [6.45, 7) is 10.3. The Morgan fingerprint density at radius 2 is 1.83 bits per heavy atom. The van der Waals surface area contributed by atoms with E-state index in [9.17, 15) is 9.59 Å². The summed E-state index contributed by atoms with van der Waals surface area (Å²) in [5, 5.41) is 0. The summed E-state index contributed by atoms with van der Waals surface area (Å²) in [6.07, 6.45) is 0. The van der Waals surface area contributed by atoms with Gasteiger partial charge in [-0.3, -0.25) is 9.59 Å². The number of aryl methyl sites for hydroxylation is 1. The Kier molecular flexibility index (Phi) is 6.46. The predicted octanol–water partition coefficient (Wildman–Crippen LogP) is 2.84. The van der Waals surface area contributed by atoms with Crippen LogP contribution in [-0.2, 0) is 4.79 Å². The number of hydrogen-bond donors (Lipinski definition) is 0. The third-order valence-electron chi connectivity index (χ3n) is 4.93. The highest BCUT2D eigenvalue weighted by atomic mass is 16.5. The number of piperazine rings is 1. The molecule has 1 saturated heterocycles. The van der Waals surface area contributed by atoms with E-state index in [1.165, 1.54) is 6.92 Å². The number of hydrogen-bond acceptors (Lipinski definition) is 6.